The van der Waals surface area contributed by atoms with E-state index in [0.29, 0.717) is 0 Å². The standard InChI is InChI=1S/C13H14N2/c1-2-4-11-9-12(6-5-10(11)3-1)13-7-8-14-15-13/h5-9H,1-4H2,(H,14,15). The van der Waals surface area contributed by atoms with E-state index in [9.17, 15) is 0 Å². The number of benzene rings is 1. The summed E-state index contributed by atoms with van der Waals surface area (Å²) in [6.45, 7) is 0. The lowest BCUT2D eigenvalue weighted by molar-refractivity contribution is 0.686. The Balaban J connectivity index is 2.04. The Kier molecular flexibility index (Phi) is 2.05. The number of fused-ring (bicyclic) bond motifs is 1. The second-order valence-corrected chi connectivity index (χ2v) is 4.16. The molecule has 0 fully saturated rings. The predicted molar refractivity (Wildman–Crippen MR) is 60.7 cm³/mol. The number of aromatic amines is 1. The van der Waals surface area contributed by atoms with Crippen molar-refractivity contribution in [2.45, 2.75) is 25.7 Å². The molecule has 1 N–H and O–H groups in total. The minimum Gasteiger partial charge on any atom is -0.278 e. The third-order valence-electron chi connectivity index (χ3n) is 3.16. The van der Waals surface area contributed by atoms with Crippen LogP contribution < -0.4 is 0 Å². The number of rotatable bonds is 1. The highest BCUT2D eigenvalue weighted by atomic mass is 15.1. The lowest BCUT2D eigenvalue weighted by atomic mass is 9.90. The SMILES string of the molecule is c1cc(-c2ccc3c(c2)CCCC3)[nH]n1. The third kappa shape index (κ3) is 1.56. The topological polar surface area (TPSA) is 28.7 Å². The van der Waals surface area contributed by atoms with E-state index in [-0.39, 0.29) is 0 Å². The first kappa shape index (κ1) is 8.72. The molecule has 0 bridgehead atoms. The van der Waals surface area contributed by atoms with Gasteiger partial charge in [0.05, 0.1) is 5.69 Å². The minimum absolute atomic E-state index is 1.11. The number of nitrogens with zero attached hydrogens (tertiary/aromatic N) is 1. The van der Waals surface area contributed by atoms with Gasteiger partial charge in [0, 0.05) is 6.20 Å². The monoisotopic (exact) mass is 198 g/mol. The largest absolute Gasteiger partial charge is 0.278 e. The zero-order chi connectivity index (χ0) is 10.1. The van der Waals surface area contributed by atoms with Crippen LogP contribution in [0, 0.1) is 0 Å². The van der Waals surface area contributed by atoms with Crippen LogP contribution in [-0.2, 0) is 12.8 Å². The zero-order valence-electron chi connectivity index (χ0n) is 8.66. The maximum atomic E-state index is 3.99. The van der Waals surface area contributed by atoms with Gasteiger partial charge in [0.1, 0.15) is 0 Å². The van der Waals surface area contributed by atoms with Crippen molar-refractivity contribution >= 4 is 0 Å². The fourth-order valence-electron chi connectivity index (χ4n) is 2.32. The molecule has 2 aromatic rings. The number of hydrogen-bond donors (Lipinski definition) is 1. The first-order chi connectivity index (χ1) is 7.43. The highest BCUT2D eigenvalue weighted by Crippen LogP contribution is 2.26. The van der Waals surface area contributed by atoms with Gasteiger partial charge >= 0.3 is 0 Å². The number of aromatic nitrogens is 2. The number of H-pyrrole nitrogens is 1. The molecule has 1 heterocycles. The summed E-state index contributed by atoms with van der Waals surface area (Å²) in [5.41, 5.74) is 5.43. The average molecular weight is 198 g/mol. The van der Waals surface area contributed by atoms with Crippen LogP contribution in [0.2, 0.25) is 0 Å². The molecular formula is C13H14N2. The molecule has 0 saturated carbocycles. The minimum atomic E-state index is 1.11. The molecule has 1 aromatic heterocycles. The van der Waals surface area contributed by atoms with E-state index < -0.39 is 0 Å². The molecule has 2 heteroatoms. The summed E-state index contributed by atoms with van der Waals surface area (Å²) < 4.78 is 0. The van der Waals surface area contributed by atoms with Crippen LogP contribution in [0.5, 0.6) is 0 Å². The van der Waals surface area contributed by atoms with Gasteiger partial charge in [-0.25, -0.2) is 0 Å². The Labute approximate surface area is 89.3 Å². The number of aryl methyl sites for hydroxylation is 2. The molecule has 0 spiro atoms. The highest BCUT2D eigenvalue weighted by Gasteiger charge is 2.10. The Bertz CT molecular complexity index is 457. The van der Waals surface area contributed by atoms with E-state index in [1.165, 1.54) is 42.4 Å². The van der Waals surface area contributed by atoms with Crippen LogP contribution in [0.15, 0.2) is 30.5 Å². The molecule has 0 atom stereocenters. The Hall–Kier alpha value is -1.57. The zero-order valence-corrected chi connectivity index (χ0v) is 8.66. The van der Waals surface area contributed by atoms with Crippen molar-refractivity contribution in [3.05, 3.63) is 41.6 Å². The van der Waals surface area contributed by atoms with Gasteiger partial charge in [-0.15, -0.1) is 0 Å². The molecule has 2 nitrogen and oxygen atoms in total. The van der Waals surface area contributed by atoms with Crippen LogP contribution in [0.4, 0.5) is 0 Å². The highest BCUT2D eigenvalue weighted by molar-refractivity contribution is 5.60. The molecule has 0 aliphatic heterocycles. The Morgan fingerprint density at radius 2 is 1.87 bits per heavy atom. The molecule has 1 aliphatic rings. The molecule has 0 unspecified atom stereocenters. The summed E-state index contributed by atoms with van der Waals surface area (Å²) in [5, 5.41) is 7.00. The van der Waals surface area contributed by atoms with Crippen LogP contribution >= 0.6 is 0 Å². The van der Waals surface area contributed by atoms with Crippen molar-refractivity contribution in [1.29, 1.82) is 0 Å². The molecule has 0 amide bonds. The van der Waals surface area contributed by atoms with Gasteiger partial charge in [0.2, 0.25) is 0 Å². The second-order valence-electron chi connectivity index (χ2n) is 4.16. The first-order valence-corrected chi connectivity index (χ1v) is 5.55. The maximum absolute atomic E-state index is 3.99. The first-order valence-electron chi connectivity index (χ1n) is 5.55. The van der Waals surface area contributed by atoms with Crippen molar-refractivity contribution in [3.63, 3.8) is 0 Å². The van der Waals surface area contributed by atoms with Crippen LogP contribution in [-0.4, -0.2) is 10.2 Å². The lowest BCUT2D eigenvalue weighted by Gasteiger charge is -2.16. The van der Waals surface area contributed by atoms with Gasteiger partial charge in [-0.2, -0.15) is 5.10 Å². The normalized spacial score (nSPS) is 14.9. The van der Waals surface area contributed by atoms with Crippen molar-refractivity contribution < 1.29 is 0 Å². The number of nitrogens with one attached hydrogen (secondary N) is 1. The van der Waals surface area contributed by atoms with Gasteiger partial charge in [-0.1, -0.05) is 12.1 Å². The van der Waals surface area contributed by atoms with E-state index in [0.717, 1.165) is 5.69 Å². The van der Waals surface area contributed by atoms with Gasteiger partial charge in [0.25, 0.3) is 0 Å². The van der Waals surface area contributed by atoms with Crippen LogP contribution in [0.1, 0.15) is 24.0 Å². The summed E-state index contributed by atoms with van der Waals surface area (Å²) in [7, 11) is 0. The number of hydrogen-bond acceptors (Lipinski definition) is 1. The molecule has 1 aromatic carbocycles. The Morgan fingerprint density at radius 1 is 1.00 bits per heavy atom. The van der Waals surface area contributed by atoms with Gasteiger partial charge < -0.3 is 0 Å². The maximum Gasteiger partial charge on any atom is 0.0650 e. The van der Waals surface area contributed by atoms with Gasteiger partial charge in [0.15, 0.2) is 0 Å². The van der Waals surface area contributed by atoms with Crippen molar-refractivity contribution in [2.24, 2.45) is 0 Å². The molecular weight excluding hydrogens is 184 g/mol. The molecule has 3 rings (SSSR count). The second kappa shape index (κ2) is 3.54. The summed E-state index contributed by atoms with van der Waals surface area (Å²) in [4.78, 5) is 0. The smallest absolute Gasteiger partial charge is 0.0650 e. The molecule has 76 valence electrons. The average Bonchev–Trinajstić information content (AvgIpc) is 2.82. The van der Waals surface area contributed by atoms with E-state index >= 15 is 0 Å². The molecule has 1 aliphatic carbocycles. The van der Waals surface area contributed by atoms with Gasteiger partial charge in [-0.05, 0) is 54.5 Å². The summed E-state index contributed by atoms with van der Waals surface area (Å²) >= 11 is 0. The van der Waals surface area contributed by atoms with Crippen molar-refractivity contribution in [3.8, 4) is 11.3 Å². The quantitative estimate of drug-likeness (QED) is 0.749. The molecule has 0 saturated heterocycles. The van der Waals surface area contributed by atoms with E-state index in [4.69, 9.17) is 0 Å². The van der Waals surface area contributed by atoms with Crippen LogP contribution in [0.25, 0.3) is 11.3 Å². The van der Waals surface area contributed by atoms with E-state index in [1.54, 1.807) is 6.20 Å². The predicted octanol–water partition coefficient (Wildman–Crippen LogP) is 2.96. The third-order valence-corrected chi connectivity index (χ3v) is 3.16. The van der Waals surface area contributed by atoms with Crippen molar-refractivity contribution in [1.82, 2.24) is 10.2 Å². The fraction of sp³-hybridized carbons (Fsp3) is 0.308. The van der Waals surface area contributed by atoms with Crippen LogP contribution in [0.3, 0.4) is 0 Å². The fourth-order valence-corrected chi connectivity index (χ4v) is 2.32. The van der Waals surface area contributed by atoms with Gasteiger partial charge in [-0.3, -0.25) is 5.10 Å². The summed E-state index contributed by atoms with van der Waals surface area (Å²) in [5.74, 6) is 0. The molecule has 15 heavy (non-hydrogen) atoms. The van der Waals surface area contributed by atoms with E-state index in [2.05, 4.69) is 28.4 Å². The summed E-state index contributed by atoms with van der Waals surface area (Å²) in [6.07, 6.45) is 6.96. The van der Waals surface area contributed by atoms with Crippen molar-refractivity contribution in [2.75, 3.05) is 0 Å². The lowest BCUT2D eigenvalue weighted by Crippen LogP contribution is -2.02. The van der Waals surface area contributed by atoms with E-state index in [1.807, 2.05) is 6.07 Å². The Morgan fingerprint density at radius 3 is 2.67 bits per heavy atom. The molecule has 0 radical (unpaired) electrons. The summed E-state index contributed by atoms with van der Waals surface area (Å²) in [6, 6.07) is 8.79.